The maximum Gasteiger partial charge on any atom is 0.341 e. The van der Waals surface area contributed by atoms with E-state index in [1.807, 2.05) is 11.4 Å². The second-order valence-corrected chi connectivity index (χ2v) is 5.58. The van der Waals surface area contributed by atoms with Crippen LogP contribution in [0.1, 0.15) is 15.2 Å². The number of carbonyl (C=O) groups excluding carboxylic acids is 1. The highest BCUT2D eigenvalue weighted by molar-refractivity contribution is 9.10. The molecular formula is C13H12BrNO3S. The van der Waals surface area contributed by atoms with E-state index in [4.69, 9.17) is 15.2 Å². The number of carbonyl (C=O) groups is 1. The van der Waals surface area contributed by atoms with Gasteiger partial charge < -0.3 is 15.2 Å². The first kappa shape index (κ1) is 13.9. The molecule has 0 aliphatic carbocycles. The molecule has 0 aliphatic rings. The molecule has 0 saturated heterocycles. The molecule has 1 heterocycles. The topological polar surface area (TPSA) is 61.5 Å². The third-order valence-electron chi connectivity index (χ3n) is 2.46. The summed E-state index contributed by atoms with van der Waals surface area (Å²) in [4.78, 5) is 12.7. The molecule has 0 atom stereocenters. The van der Waals surface area contributed by atoms with Crippen molar-refractivity contribution in [3.63, 3.8) is 0 Å². The van der Waals surface area contributed by atoms with Gasteiger partial charge in [0, 0.05) is 10.2 Å². The van der Waals surface area contributed by atoms with Crippen LogP contribution in [0, 0.1) is 0 Å². The number of nitrogens with two attached hydrogens (primary N) is 1. The summed E-state index contributed by atoms with van der Waals surface area (Å²) < 4.78 is 11.4. The van der Waals surface area contributed by atoms with E-state index in [-0.39, 0.29) is 0 Å². The van der Waals surface area contributed by atoms with Crippen LogP contribution in [0.4, 0.5) is 5.69 Å². The number of hydrogen-bond donors (Lipinski definition) is 1. The van der Waals surface area contributed by atoms with Crippen LogP contribution in [0.5, 0.6) is 5.75 Å². The first-order valence-corrected chi connectivity index (χ1v) is 7.11. The number of nitrogen functional groups attached to an aromatic ring is 1. The Morgan fingerprint density at radius 2 is 2.21 bits per heavy atom. The lowest BCUT2D eigenvalue weighted by Crippen LogP contribution is -2.06. The van der Waals surface area contributed by atoms with E-state index in [9.17, 15) is 4.79 Å². The summed E-state index contributed by atoms with van der Waals surface area (Å²) in [6, 6.07) is 6.85. The zero-order chi connectivity index (χ0) is 13.8. The van der Waals surface area contributed by atoms with Crippen molar-refractivity contribution in [2.45, 2.75) is 6.61 Å². The number of rotatable bonds is 4. The molecule has 19 heavy (non-hydrogen) atoms. The van der Waals surface area contributed by atoms with E-state index < -0.39 is 5.97 Å². The number of halogens is 1. The second kappa shape index (κ2) is 6.08. The minimum absolute atomic E-state index is 0.329. The van der Waals surface area contributed by atoms with Crippen LogP contribution in [0.15, 0.2) is 34.1 Å². The van der Waals surface area contributed by atoms with Gasteiger partial charge in [-0.2, -0.15) is 0 Å². The zero-order valence-corrected chi connectivity index (χ0v) is 12.6. The monoisotopic (exact) mass is 341 g/mol. The number of benzene rings is 1. The van der Waals surface area contributed by atoms with Crippen molar-refractivity contribution in [2.24, 2.45) is 0 Å². The van der Waals surface area contributed by atoms with Crippen molar-refractivity contribution in [1.29, 1.82) is 0 Å². The molecule has 6 heteroatoms. The third kappa shape index (κ3) is 3.27. The highest BCUT2D eigenvalue weighted by Gasteiger charge is 2.14. The molecule has 2 rings (SSSR count). The van der Waals surface area contributed by atoms with Crippen LogP contribution in [0.2, 0.25) is 0 Å². The molecule has 0 bridgehead atoms. The van der Waals surface area contributed by atoms with Gasteiger partial charge in [0.2, 0.25) is 0 Å². The van der Waals surface area contributed by atoms with Gasteiger partial charge >= 0.3 is 5.97 Å². The van der Waals surface area contributed by atoms with E-state index in [1.54, 1.807) is 29.5 Å². The number of esters is 1. The van der Waals surface area contributed by atoms with E-state index in [0.29, 0.717) is 23.6 Å². The van der Waals surface area contributed by atoms with Gasteiger partial charge in [0.25, 0.3) is 0 Å². The molecule has 1 aromatic carbocycles. The highest BCUT2D eigenvalue weighted by atomic mass is 79.9. The van der Waals surface area contributed by atoms with Gasteiger partial charge in [0.15, 0.2) is 0 Å². The summed E-state index contributed by atoms with van der Waals surface area (Å²) in [6.45, 7) is 0.381. The van der Waals surface area contributed by atoms with E-state index in [1.165, 1.54) is 7.11 Å². The summed E-state index contributed by atoms with van der Waals surface area (Å²) >= 11 is 5.01. The first-order chi connectivity index (χ1) is 9.11. The maximum atomic E-state index is 11.7. The predicted octanol–water partition coefficient (Wildman–Crippen LogP) is 3.46. The molecule has 2 aromatic rings. The molecule has 0 spiro atoms. The fourth-order valence-corrected chi connectivity index (χ4v) is 2.89. The number of methoxy groups -OCH3 is 1. The quantitative estimate of drug-likeness (QED) is 0.683. The molecule has 100 valence electrons. The van der Waals surface area contributed by atoms with Crippen LogP contribution in [-0.4, -0.2) is 13.1 Å². The van der Waals surface area contributed by atoms with Crippen LogP contribution in [0.3, 0.4) is 0 Å². The van der Waals surface area contributed by atoms with Gasteiger partial charge in [0.05, 0.1) is 12.0 Å². The summed E-state index contributed by atoms with van der Waals surface area (Å²) in [6.07, 6.45) is 0. The molecular weight excluding hydrogens is 330 g/mol. The third-order valence-corrected chi connectivity index (χ3v) is 4.36. The Kier molecular flexibility index (Phi) is 4.44. The lowest BCUT2D eigenvalue weighted by atomic mass is 10.2. The fourth-order valence-electron chi connectivity index (χ4n) is 1.51. The van der Waals surface area contributed by atoms with E-state index in [0.717, 1.165) is 9.35 Å². The van der Waals surface area contributed by atoms with Gasteiger partial charge in [-0.15, -0.1) is 11.3 Å². The highest BCUT2D eigenvalue weighted by Crippen LogP contribution is 2.27. The summed E-state index contributed by atoms with van der Waals surface area (Å²) in [5, 5.41) is 1.97. The van der Waals surface area contributed by atoms with Gasteiger partial charge in [-0.3, -0.25) is 0 Å². The Bertz CT molecular complexity index is 597. The lowest BCUT2D eigenvalue weighted by molar-refractivity contribution is 0.0595. The number of hydrogen-bond acceptors (Lipinski definition) is 5. The van der Waals surface area contributed by atoms with Crippen molar-refractivity contribution in [1.82, 2.24) is 0 Å². The van der Waals surface area contributed by atoms with Crippen molar-refractivity contribution in [3.05, 3.63) is 44.6 Å². The minimum Gasteiger partial charge on any atom is -0.487 e. The van der Waals surface area contributed by atoms with Crippen molar-refractivity contribution < 1.29 is 14.3 Å². The zero-order valence-electron chi connectivity index (χ0n) is 10.2. The fraction of sp³-hybridized carbons (Fsp3) is 0.154. The molecule has 0 aliphatic heterocycles. The van der Waals surface area contributed by atoms with Gasteiger partial charge in [-0.25, -0.2) is 4.79 Å². The molecule has 0 fully saturated rings. The smallest absolute Gasteiger partial charge is 0.341 e. The maximum absolute atomic E-state index is 11.7. The Morgan fingerprint density at radius 1 is 1.42 bits per heavy atom. The summed E-state index contributed by atoms with van der Waals surface area (Å²) in [5.74, 6) is -0.00565. The largest absolute Gasteiger partial charge is 0.487 e. The standard InChI is InChI=1S/C13H12BrNO3S/c1-17-13(16)9-6-8(15)2-3-11(9)18-7-12-10(14)4-5-19-12/h2-6H,7,15H2,1H3. The SMILES string of the molecule is COC(=O)c1cc(N)ccc1OCc1sccc1Br. The van der Waals surface area contributed by atoms with Crippen LogP contribution in [0.25, 0.3) is 0 Å². The van der Waals surface area contributed by atoms with Crippen molar-refractivity contribution in [3.8, 4) is 5.75 Å². The Hall–Kier alpha value is -1.53. The minimum atomic E-state index is -0.465. The molecule has 1 aromatic heterocycles. The Labute approximate surface area is 123 Å². The van der Waals surface area contributed by atoms with Gasteiger partial charge in [0.1, 0.15) is 17.9 Å². The predicted molar refractivity (Wildman–Crippen MR) is 78.5 cm³/mol. The summed E-state index contributed by atoms with van der Waals surface area (Å²) in [5.41, 5.74) is 6.49. The first-order valence-electron chi connectivity index (χ1n) is 5.44. The average molecular weight is 342 g/mol. The van der Waals surface area contributed by atoms with Gasteiger partial charge in [-0.05, 0) is 45.6 Å². The molecule has 0 radical (unpaired) electrons. The Balaban J connectivity index is 2.20. The number of ether oxygens (including phenoxy) is 2. The lowest BCUT2D eigenvalue weighted by Gasteiger charge is -2.10. The molecule has 0 amide bonds. The average Bonchev–Trinajstić information content (AvgIpc) is 2.82. The molecule has 4 nitrogen and oxygen atoms in total. The summed E-state index contributed by atoms with van der Waals surface area (Å²) in [7, 11) is 1.32. The number of thiophene rings is 1. The van der Waals surface area contributed by atoms with Crippen LogP contribution < -0.4 is 10.5 Å². The molecule has 0 unspecified atom stereocenters. The van der Waals surface area contributed by atoms with Crippen molar-refractivity contribution in [2.75, 3.05) is 12.8 Å². The number of anilines is 1. The molecule has 0 saturated carbocycles. The van der Waals surface area contributed by atoms with Crippen LogP contribution in [-0.2, 0) is 11.3 Å². The normalized spacial score (nSPS) is 10.2. The van der Waals surface area contributed by atoms with E-state index >= 15 is 0 Å². The van der Waals surface area contributed by atoms with Crippen LogP contribution >= 0.6 is 27.3 Å². The Morgan fingerprint density at radius 3 is 2.84 bits per heavy atom. The van der Waals surface area contributed by atoms with E-state index in [2.05, 4.69) is 15.9 Å². The van der Waals surface area contributed by atoms with Gasteiger partial charge in [-0.1, -0.05) is 0 Å². The molecule has 2 N–H and O–H groups in total. The van der Waals surface area contributed by atoms with Crippen molar-refractivity contribution >= 4 is 38.9 Å². The second-order valence-electron chi connectivity index (χ2n) is 3.73.